The highest BCUT2D eigenvalue weighted by molar-refractivity contribution is 7.99. The molecule has 0 saturated heterocycles. The van der Waals surface area contributed by atoms with Crippen LogP contribution in [-0.4, -0.2) is 24.4 Å². The lowest BCUT2D eigenvalue weighted by molar-refractivity contribution is -0.146. The van der Waals surface area contributed by atoms with Crippen LogP contribution in [0.1, 0.15) is 12.8 Å². The summed E-state index contributed by atoms with van der Waals surface area (Å²) >= 11 is 1.61. The van der Waals surface area contributed by atoms with Gasteiger partial charge in [-0.25, -0.2) is 0 Å². The maximum Gasteiger partial charge on any atom is 0.327 e. The van der Waals surface area contributed by atoms with E-state index in [2.05, 4.69) is 0 Å². The van der Waals surface area contributed by atoms with E-state index in [1.165, 1.54) is 7.11 Å². The summed E-state index contributed by atoms with van der Waals surface area (Å²) in [4.78, 5) is 12.9. The largest absolute Gasteiger partial charge is 0.468 e. The number of hydrogen-bond acceptors (Lipinski definition) is 4. The lowest BCUT2D eigenvalue weighted by Crippen LogP contribution is -2.53. The summed E-state index contributed by atoms with van der Waals surface area (Å²) in [6.07, 6.45) is 2.06. The molecular weight excluding hydrogens is 234 g/mol. The highest BCUT2D eigenvalue weighted by Gasteiger charge is 2.48. The second-order valence-electron chi connectivity index (χ2n) is 4.41. The topological polar surface area (TPSA) is 52.3 Å². The minimum Gasteiger partial charge on any atom is -0.468 e. The van der Waals surface area contributed by atoms with Crippen molar-refractivity contribution in [1.82, 2.24) is 0 Å². The van der Waals surface area contributed by atoms with Crippen molar-refractivity contribution >= 4 is 17.7 Å². The summed E-state index contributed by atoms with van der Waals surface area (Å²) in [6.45, 7) is 0. The Morgan fingerprint density at radius 3 is 2.65 bits per heavy atom. The number of thioether (sulfide) groups is 1. The summed E-state index contributed by atoms with van der Waals surface area (Å²) in [5, 5.41) is 0. The number of methoxy groups -OCH3 is 1. The Bertz CT molecular complexity index is 392. The van der Waals surface area contributed by atoms with Crippen molar-refractivity contribution in [3.05, 3.63) is 30.3 Å². The number of rotatable bonds is 5. The molecule has 3 nitrogen and oxygen atoms in total. The van der Waals surface area contributed by atoms with Crippen LogP contribution in [0, 0.1) is 5.92 Å². The van der Waals surface area contributed by atoms with Crippen molar-refractivity contribution in [3.8, 4) is 0 Å². The van der Waals surface area contributed by atoms with Gasteiger partial charge in [-0.15, -0.1) is 11.8 Å². The van der Waals surface area contributed by atoms with Crippen LogP contribution >= 0.6 is 11.8 Å². The van der Waals surface area contributed by atoms with Crippen molar-refractivity contribution in [3.63, 3.8) is 0 Å². The van der Waals surface area contributed by atoms with E-state index < -0.39 is 5.54 Å². The van der Waals surface area contributed by atoms with E-state index in [4.69, 9.17) is 10.5 Å². The maximum absolute atomic E-state index is 11.8. The van der Waals surface area contributed by atoms with E-state index in [9.17, 15) is 4.79 Å². The van der Waals surface area contributed by atoms with Crippen LogP contribution in [0.3, 0.4) is 0 Å². The Hall–Kier alpha value is -1.00. The molecule has 17 heavy (non-hydrogen) atoms. The molecule has 1 fully saturated rings. The number of hydrogen-bond donors (Lipinski definition) is 1. The summed E-state index contributed by atoms with van der Waals surface area (Å²) in [6, 6.07) is 9.98. The van der Waals surface area contributed by atoms with E-state index in [1.807, 2.05) is 30.3 Å². The van der Waals surface area contributed by atoms with Gasteiger partial charge in [0.1, 0.15) is 5.54 Å². The van der Waals surface area contributed by atoms with Gasteiger partial charge in [0, 0.05) is 10.6 Å². The Morgan fingerprint density at radius 2 is 2.12 bits per heavy atom. The molecule has 1 saturated carbocycles. The molecule has 1 atom stereocenters. The quantitative estimate of drug-likeness (QED) is 0.643. The Morgan fingerprint density at radius 1 is 1.47 bits per heavy atom. The van der Waals surface area contributed by atoms with Gasteiger partial charge in [-0.05, 0) is 30.9 Å². The molecule has 0 amide bonds. The zero-order chi connectivity index (χ0) is 12.3. The standard InChI is InChI=1S/C13H17NO2S/c1-16-12(15)13(14,10-7-8-10)9-17-11-5-3-2-4-6-11/h2-6,10H,7-9,14H2,1H3. The third-order valence-corrected chi connectivity index (χ3v) is 4.32. The van der Waals surface area contributed by atoms with E-state index >= 15 is 0 Å². The van der Waals surface area contributed by atoms with Gasteiger partial charge in [0.2, 0.25) is 0 Å². The number of benzene rings is 1. The van der Waals surface area contributed by atoms with Gasteiger partial charge >= 0.3 is 5.97 Å². The number of carbonyl (C=O) groups excluding carboxylic acids is 1. The fourth-order valence-electron chi connectivity index (χ4n) is 1.85. The van der Waals surface area contributed by atoms with E-state index in [1.54, 1.807) is 11.8 Å². The SMILES string of the molecule is COC(=O)C(N)(CSc1ccccc1)C1CC1. The van der Waals surface area contributed by atoms with Crippen molar-refractivity contribution in [1.29, 1.82) is 0 Å². The monoisotopic (exact) mass is 251 g/mol. The first-order valence-corrected chi connectivity index (χ1v) is 6.70. The molecule has 0 radical (unpaired) electrons. The Balaban J connectivity index is 2.01. The first-order valence-electron chi connectivity index (χ1n) is 5.72. The number of carbonyl (C=O) groups is 1. The smallest absolute Gasteiger partial charge is 0.327 e. The lowest BCUT2D eigenvalue weighted by atomic mass is 9.97. The minimum atomic E-state index is -0.824. The zero-order valence-corrected chi connectivity index (χ0v) is 10.7. The van der Waals surface area contributed by atoms with Crippen LogP contribution in [0.4, 0.5) is 0 Å². The van der Waals surface area contributed by atoms with Gasteiger partial charge < -0.3 is 10.5 Å². The summed E-state index contributed by atoms with van der Waals surface area (Å²) in [5.41, 5.74) is 5.39. The molecule has 0 aromatic heterocycles. The minimum absolute atomic E-state index is 0.283. The van der Waals surface area contributed by atoms with E-state index in [-0.39, 0.29) is 11.9 Å². The summed E-state index contributed by atoms with van der Waals surface area (Å²) in [5.74, 6) is 0.573. The lowest BCUT2D eigenvalue weighted by Gasteiger charge is -2.25. The summed E-state index contributed by atoms with van der Waals surface area (Å²) in [7, 11) is 1.40. The molecule has 92 valence electrons. The number of ether oxygens (including phenoxy) is 1. The third kappa shape index (κ3) is 2.82. The molecule has 1 aliphatic carbocycles. The Labute approximate surface area is 106 Å². The maximum atomic E-state index is 11.8. The molecule has 1 aliphatic rings. The fourth-order valence-corrected chi connectivity index (χ4v) is 2.96. The van der Waals surface area contributed by atoms with Crippen molar-refractivity contribution < 1.29 is 9.53 Å². The molecule has 0 aliphatic heterocycles. The fraction of sp³-hybridized carbons (Fsp3) is 0.462. The van der Waals surface area contributed by atoms with Crippen LogP contribution < -0.4 is 5.73 Å². The number of esters is 1. The van der Waals surface area contributed by atoms with E-state index in [0.29, 0.717) is 5.75 Å². The van der Waals surface area contributed by atoms with E-state index in [0.717, 1.165) is 17.7 Å². The second kappa shape index (κ2) is 5.10. The molecule has 2 N–H and O–H groups in total. The van der Waals surface area contributed by atoms with Crippen LogP contribution in [0.2, 0.25) is 0 Å². The molecule has 1 unspecified atom stereocenters. The van der Waals surface area contributed by atoms with Gasteiger partial charge in [-0.1, -0.05) is 18.2 Å². The molecule has 1 aromatic carbocycles. The highest BCUT2D eigenvalue weighted by atomic mass is 32.2. The van der Waals surface area contributed by atoms with Gasteiger partial charge in [0.15, 0.2) is 0 Å². The van der Waals surface area contributed by atoms with Crippen LogP contribution in [-0.2, 0) is 9.53 Å². The van der Waals surface area contributed by atoms with Gasteiger partial charge in [0.05, 0.1) is 7.11 Å². The van der Waals surface area contributed by atoms with Crippen LogP contribution in [0.5, 0.6) is 0 Å². The third-order valence-electron chi connectivity index (χ3n) is 3.09. The van der Waals surface area contributed by atoms with Gasteiger partial charge in [-0.2, -0.15) is 0 Å². The molecule has 1 aromatic rings. The average molecular weight is 251 g/mol. The molecule has 4 heteroatoms. The van der Waals surface area contributed by atoms with Gasteiger partial charge in [0.25, 0.3) is 0 Å². The molecule has 0 spiro atoms. The van der Waals surface area contributed by atoms with Crippen LogP contribution in [0.25, 0.3) is 0 Å². The zero-order valence-electron chi connectivity index (χ0n) is 9.89. The molecule has 0 heterocycles. The molecule has 2 rings (SSSR count). The Kier molecular flexibility index (Phi) is 3.74. The predicted octanol–water partition coefficient (Wildman–Crippen LogP) is 2.06. The first kappa shape index (κ1) is 12.5. The van der Waals surface area contributed by atoms with Crippen molar-refractivity contribution in [2.45, 2.75) is 23.3 Å². The second-order valence-corrected chi connectivity index (χ2v) is 5.46. The number of nitrogens with two attached hydrogens (primary N) is 1. The highest BCUT2D eigenvalue weighted by Crippen LogP contribution is 2.41. The average Bonchev–Trinajstić information content (AvgIpc) is 3.20. The molecule has 0 bridgehead atoms. The van der Waals surface area contributed by atoms with Gasteiger partial charge in [-0.3, -0.25) is 4.79 Å². The molecular formula is C13H17NO2S. The normalized spacial score (nSPS) is 18.5. The first-order chi connectivity index (χ1) is 8.16. The van der Waals surface area contributed by atoms with Crippen LogP contribution in [0.15, 0.2) is 35.2 Å². The van der Waals surface area contributed by atoms with Crippen molar-refractivity contribution in [2.75, 3.05) is 12.9 Å². The predicted molar refractivity (Wildman–Crippen MR) is 68.8 cm³/mol. The van der Waals surface area contributed by atoms with Crippen molar-refractivity contribution in [2.24, 2.45) is 11.7 Å². The summed E-state index contributed by atoms with van der Waals surface area (Å²) < 4.78 is 4.83.